The van der Waals surface area contributed by atoms with Gasteiger partial charge in [-0.3, -0.25) is 0 Å². The number of nitrogens with zero attached hydrogens (tertiary/aromatic N) is 2. The lowest BCUT2D eigenvalue weighted by molar-refractivity contribution is 0.114. The number of hydrogen-bond donors (Lipinski definition) is 2. The van der Waals surface area contributed by atoms with Crippen LogP contribution in [0.3, 0.4) is 0 Å². The van der Waals surface area contributed by atoms with Crippen LogP contribution in [0, 0.1) is 5.92 Å². The number of aliphatic hydroxyl groups excluding tert-OH is 1. The van der Waals surface area contributed by atoms with Gasteiger partial charge in [0.05, 0.1) is 13.2 Å². The van der Waals surface area contributed by atoms with Gasteiger partial charge in [0.2, 0.25) is 0 Å². The highest BCUT2D eigenvalue weighted by Gasteiger charge is 2.17. The molecule has 5 nitrogen and oxygen atoms in total. The van der Waals surface area contributed by atoms with Crippen LogP contribution >= 0.6 is 11.6 Å². The van der Waals surface area contributed by atoms with Crippen molar-refractivity contribution in [3.63, 3.8) is 0 Å². The molecule has 2 N–H and O–H groups in total. The van der Waals surface area contributed by atoms with Crippen molar-refractivity contribution in [2.45, 2.75) is 32.8 Å². The average Bonchev–Trinajstić information content (AvgIpc) is 2.37. The molecule has 0 bridgehead atoms. The number of hydrogen-bond acceptors (Lipinski definition) is 5. The van der Waals surface area contributed by atoms with Gasteiger partial charge in [-0.25, -0.2) is 9.97 Å². The average molecular weight is 274 g/mol. The van der Waals surface area contributed by atoms with Gasteiger partial charge in [0.1, 0.15) is 6.33 Å². The quantitative estimate of drug-likeness (QED) is 0.747. The first-order valence-electron chi connectivity index (χ1n) is 6.10. The van der Waals surface area contributed by atoms with Gasteiger partial charge in [-0.15, -0.1) is 0 Å². The van der Waals surface area contributed by atoms with Gasteiger partial charge in [0.25, 0.3) is 0 Å². The van der Waals surface area contributed by atoms with Crippen molar-refractivity contribution in [1.82, 2.24) is 9.97 Å². The molecule has 0 saturated carbocycles. The van der Waals surface area contributed by atoms with E-state index in [4.69, 9.17) is 16.3 Å². The molecular formula is C12H20ClN3O2. The Hall–Kier alpha value is -1.07. The van der Waals surface area contributed by atoms with Gasteiger partial charge in [0.15, 0.2) is 16.7 Å². The van der Waals surface area contributed by atoms with Crippen LogP contribution in [-0.2, 0) is 0 Å². The Kier molecular flexibility index (Phi) is 6.15. The molecule has 0 spiro atoms. The molecule has 1 heterocycles. The zero-order valence-electron chi connectivity index (χ0n) is 11.0. The van der Waals surface area contributed by atoms with E-state index in [1.54, 1.807) is 0 Å². The summed E-state index contributed by atoms with van der Waals surface area (Å²) < 4.78 is 5.12. The number of rotatable bonds is 7. The largest absolute Gasteiger partial charge is 0.490 e. The highest BCUT2D eigenvalue weighted by molar-refractivity contribution is 6.31. The van der Waals surface area contributed by atoms with Crippen LogP contribution in [0.25, 0.3) is 0 Å². The summed E-state index contributed by atoms with van der Waals surface area (Å²) in [6.45, 7) is 4.55. The molecule has 0 aliphatic carbocycles. The minimum atomic E-state index is -0.418. The van der Waals surface area contributed by atoms with Crippen molar-refractivity contribution in [2.24, 2.45) is 5.92 Å². The van der Waals surface area contributed by atoms with Gasteiger partial charge in [-0.1, -0.05) is 38.3 Å². The molecule has 0 radical (unpaired) electrons. The third-order valence-corrected chi connectivity index (χ3v) is 3.31. The zero-order chi connectivity index (χ0) is 13.5. The minimum Gasteiger partial charge on any atom is -0.490 e. The maximum Gasteiger partial charge on any atom is 0.198 e. The molecule has 0 aliphatic heterocycles. The normalized spacial score (nSPS) is 12.6. The standard InChI is InChI=1S/C12H20ClN3O2/c1-4-8(5-2)9(17)6-14-12-10(18-3)11(13)15-7-16-12/h7-9,17H,4-6H2,1-3H3,(H,14,15,16). The number of methoxy groups -OCH3 is 1. The first-order valence-corrected chi connectivity index (χ1v) is 6.48. The second-order valence-electron chi connectivity index (χ2n) is 4.07. The Morgan fingerprint density at radius 3 is 2.61 bits per heavy atom. The van der Waals surface area contributed by atoms with E-state index in [2.05, 4.69) is 29.1 Å². The Balaban J connectivity index is 2.66. The molecule has 0 amide bonds. The molecule has 1 rings (SSSR count). The van der Waals surface area contributed by atoms with E-state index in [-0.39, 0.29) is 11.1 Å². The molecule has 0 aromatic carbocycles. The maximum absolute atomic E-state index is 10.0. The van der Waals surface area contributed by atoms with Crippen LogP contribution in [0.15, 0.2) is 6.33 Å². The van der Waals surface area contributed by atoms with Gasteiger partial charge < -0.3 is 15.2 Å². The monoisotopic (exact) mass is 273 g/mol. The van der Waals surface area contributed by atoms with Crippen LogP contribution in [0.1, 0.15) is 26.7 Å². The van der Waals surface area contributed by atoms with Crippen molar-refractivity contribution >= 4 is 17.4 Å². The van der Waals surface area contributed by atoms with E-state index in [9.17, 15) is 5.11 Å². The van der Waals surface area contributed by atoms with Crippen molar-refractivity contribution in [2.75, 3.05) is 19.0 Å². The number of aromatic nitrogens is 2. The molecule has 0 aliphatic rings. The minimum absolute atomic E-state index is 0.257. The summed E-state index contributed by atoms with van der Waals surface area (Å²) in [5.41, 5.74) is 0. The lowest BCUT2D eigenvalue weighted by Gasteiger charge is -2.21. The van der Waals surface area contributed by atoms with Gasteiger partial charge in [0, 0.05) is 6.54 Å². The Bertz CT molecular complexity index is 372. The predicted molar refractivity (Wildman–Crippen MR) is 72.2 cm³/mol. The van der Waals surface area contributed by atoms with Gasteiger partial charge >= 0.3 is 0 Å². The third kappa shape index (κ3) is 3.71. The molecule has 1 aromatic heterocycles. The summed E-state index contributed by atoms with van der Waals surface area (Å²) in [6, 6.07) is 0. The van der Waals surface area contributed by atoms with E-state index in [1.807, 2.05) is 0 Å². The van der Waals surface area contributed by atoms with E-state index >= 15 is 0 Å². The fourth-order valence-electron chi connectivity index (χ4n) is 1.86. The summed E-state index contributed by atoms with van der Waals surface area (Å²) in [4.78, 5) is 7.88. The van der Waals surface area contributed by atoms with Gasteiger partial charge in [-0.2, -0.15) is 0 Å². The third-order valence-electron chi connectivity index (χ3n) is 3.04. The second kappa shape index (κ2) is 7.38. The van der Waals surface area contributed by atoms with Crippen LogP contribution in [0.2, 0.25) is 5.15 Å². The summed E-state index contributed by atoms with van der Waals surface area (Å²) in [5.74, 6) is 1.18. The number of halogens is 1. The van der Waals surface area contributed by atoms with Crippen LogP contribution in [0.4, 0.5) is 5.82 Å². The molecule has 18 heavy (non-hydrogen) atoms. The van der Waals surface area contributed by atoms with Crippen molar-refractivity contribution in [3.8, 4) is 5.75 Å². The topological polar surface area (TPSA) is 67.3 Å². The van der Waals surface area contributed by atoms with Crippen LogP contribution in [0.5, 0.6) is 5.75 Å². The molecule has 0 fully saturated rings. The zero-order valence-corrected chi connectivity index (χ0v) is 11.7. The van der Waals surface area contributed by atoms with Crippen LogP contribution in [-0.4, -0.2) is 34.8 Å². The molecule has 1 aromatic rings. The molecule has 6 heteroatoms. The molecule has 1 atom stereocenters. The number of ether oxygens (including phenoxy) is 1. The predicted octanol–water partition coefficient (Wildman–Crippen LogP) is 2.35. The fraction of sp³-hybridized carbons (Fsp3) is 0.667. The van der Waals surface area contributed by atoms with Gasteiger partial charge in [-0.05, 0) is 5.92 Å². The Morgan fingerprint density at radius 1 is 1.39 bits per heavy atom. The summed E-state index contributed by atoms with van der Waals surface area (Å²) in [6.07, 6.45) is 2.83. The first-order chi connectivity index (χ1) is 8.63. The van der Waals surface area contributed by atoms with Crippen molar-refractivity contribution in [3.05, 3.63) is 11.5 Å². The van der Waals surface area contributed by atoms with E-state index in [0.717, 1.165) is 12.8 Å². The van der Waals surface area contributed by atoms with E-state index in [0.29, 0.717) is 18.1 Å². The lowest BCUT2D eigenvalue weighted by Crippen LogP contribution is -2.28. The lowest BCUT2D eigenvalue weighted by atomic mass is 9.96. The highest BCUT2D eigenvalue weighted by Crippen LogP contribution is 2.28. The number of aliphatic hydroxyl groups is 1. The first kappa shape index (κ1) is 15.0. The molecule has 102 valence electrons. The SMILES string of the molecule is CCC(CC)C(O)CNc1ncnc(Cl)c1OC. The number of anilines is 1. The van der Waals surface area contributed by atoms with Crippen molar-refractivity contribution < 1.29 is 9.84 Å². The summed E-state index contributed by atoms with van der Waals surface area (Å²) >= 11 is 5.88. The smallest absolute Gasteiger partial charge is 0.198 e. The molecule has 0 saturated heterocycles. The van der Waals surface area contributed by atoms with E-state index in [1.165, 1.54) is 13.4 Å². The Labute approximate surface area is 113 Å². The highest BCUT2D eigenvalue weighted by atomic mass is 35.5. The fourth-order valence-corrected chi connectivity index (χ4v) is 2.07. The summed E-state index contributed by atoms with van der Waals surface area (Å²) in [5, 5.41) is 13.3. The van der Waals surface area contributed by atoms with Crippen molar-refractivity contribution in [1.29, 1.82) is 0 Å². The van der Waals surface area contributed by atoms with E-state index < -0.39 is 6.10 Å². The maximum atomic E-state index is 10.0. The Morgan fingerprint density at radius 2 is 2.06 bits per heavy atom. The number of nitrogens with one attached hydrogen (secondary N) is 1. The summed E-state index contributed by atoms with van der Waals surface area (Å²) in [7, 11) is 1.51. The second-order valence-corrected chi connectivity index (χ2v) is 4.43. The molecule has 1 unspecified atom stereocenters. The molecular weight excluding hydrogens is 254 g/mol. The van der Waals surface area contributed by atoms with Crippen LogP contribution < -0.4 is 10.1 Å².